The highest BCUT2D eigenvalue weighted by molar-refractivity contribution is 6.70. The van der Waals surface area contributed by atoms with E-state index in [0.29, 0.717) is 0 Å². The summed E-state index contributed by atoms with van der Waals surface area (Å²) in [5.41, 5.74) is 4.15. The van der Waals surface area contributed by atoms with Crippen LogP contribution in [0.5, 0.6) is 0 Å². The topological polar surface area (TPSA) is 21.7 Å². The standard InChI is InChI=1S/C24H26BNO2/c1-23(2)24(3,4)27-28-25(23)19-15-17-22(18-16-19)26(20-11-7-5-8-12-20)21-13-9-6-10-14-21/h5-18H,1-4H3. The summed E-state index contributed by atoms with van der Waals surface area (Å²) >= 11 is 0. The molecule has 4 heteroatoms. The van der Waals surface area contributed by atoms with Gasteiger partial charge in [-0.25, -0.2) is 4.89 Å². The highest BCUT2D eigenvalue weighted by atomic mass is 17.2. The molecule has 0 bridgehead atoms. The van der Waals surface area contributed by atoms with Crippen LogP contribution < -0.4 is 10.4 Å². The minimum absolute atomic E-state index is 0.0987. The molecule has 1 fully saturated rings. The van der Waals surface area contributed by atoms with Gasteiger partial charge in [0.25, 0.3) is 0 Å². The molecule has 1 saturated heterocycles. The smallest absolute Gasteiger partial charge is 0.311 e. The first kappa shape index (κ1) is 18.8. The highest BCUT2D eigenvalue weighted by Gasteiger charge is 2.56. The predicted octanol–water partition coefficient (Wildman–Crippen LogP) is 5.88. The monoisotopic (exact) mass is 371 g/mol. The Kier molecular flexibility index (Phi) is 4.78. The van der Waals surface area contributed by atoms with E-state index >= 15 is 0 Å². The average molecular weight is 371 g/mol. The number of anilines is 3. The van der Waals surface area contributed by atoms with Crippen LogP contribution in [-0.2, 0) is 9.69 Å². The number of para-hydroxylation sites is 2. The highest BCUT2D eigenvalue weighted by Crippen LogP contribution is 2.48. The zero-order valence-electron chi connectivity index (χ0n) is 16.9. The Labute approximate surface area is 168 Å². The largest absolute Gasteiger partial charge is 0.381 e. The van der Waals surface area contributed by atoms with Crippen molar-refractivity contribution in [2.24, 2.45) is 0 Å². The number of benzene rings is 3. The fourth-order valence-corrected chi connectivity index (χ4v) is 3.58. The number of hydrogen-bond acceptors (Lipinski definition) is 3. The van der Waals surface area contributed by atoms with Crippen molar-refractivity contribution in [1.82, 2.24) is 0 Å². The first-order valence-corrected chi connectivity index (χ1v) is 9.75. The maximum Gasteiger partial charge on any atom is 0.381 e. The number of rotatable bonds is 4. The van der Waals surface area contributed by atoms with Gasteiger partial charge in [-0.15, -0.1) is 0 Å². The van der Waals surface area contributed by atoms with Crippen LogP contribution in [0.3, 0.4) is 0 Å². The van der Waals surface area contributed by atoms with Gasteiger partial charge in [0, 0.05) is 22.4 Å². The SMILES string of the molecule is CC1(C)OOB(c2ccc(N(c3ccccc3)c3ccccc3)cc2)C1(C)C. The molecule has 1 aliphatic rings. The summed E-state index contributed by atoms with van der Waals surface area (Å²) in [6.45, 7) is 8.44. The molecule has 0 unspecified atom stereocenters. The van der Waals surface area contributed by atoms with E-state index in [0.717, 1.165) is 22.5 Å². The lowest BCUT2D eigenvalue weighted by Crippen LogP contribution is -2.44. The molecule has 3 aromatic rings. The minimum atomic E-state index is -0.337. The summed E-state index contributed by atoms with van der Waals surface area (Å²) < 4.78 is 0. The fraction of sp³-hybridized carbons (Fsp3) is 0.250. The van der Waals surface area contributed by atoms with Crippen LogP contribution in [0, 0.1) is 0 Å². The Morgan fingerprint density at radius 2 is 1.11 bits per heavy atom. The Bertz CT molecular complexity index is 884. The van der Waals surface area contributed by atoms with Gasteiger partial charge in [-0.3, -0.25) is 4.81 Å². The second-order valence-corrected chi connectivity index (χ2v) is 8.39. The van der Waals surface area contributed by atoms with E-state index in [2.05, 4.69) is 105 Å². The molecule has 0 N–H and O–H groups in total. The van der Waals surface area contributed by atoms with Crippen molar-refractivity contribution in [3.05, 3.63) is 84.9 Å². The molecule has 0 aliphatic carbocycles. The third-order valence-corrected chi connectivity index (χ3v) is 6.04. The molecule has 0 atom stereocenters. The third kappa shape index (κ3) is 3.23. The molecule has 0 spiro atoms. The fourth-order valence-electron chi connectivity index (χ4n) is 3.58. The van der Waals surface area contributed by atoms with Crippen molar-refractivity contribution in [3.8, 4) is 0 Å². The maximum absolute atomic E-state index is 5.73. The Balaban J connectivity index is 1.70. The van der Waals surface area contributed by atoms with E-state index in [1.165, 1.54) is 0 Å². The molecule has 0 amide bonds. The van der Waals surface area contributed by atoms with E-state index in [1.807, 2.05) is 12.1 Å². The molecule has 3 nitrogen and oxygen atoms in total. The number of hydrogen-bond donors (Lipinski definition) is 0. The van der Waals surface area contributed by atoms with Crippen LogP contribution in [0.25, 0.3) is 0 Å². The molecule has 142 valence electrons. The molecule has 28 heavy (non-hydrogen) atoms. The van der Waals surface area contributed by atoms with Crippen LogP contribution in [0.4, 0.5) is 17.1 Å². The van der Waals surface area contributed by atoms with Gasteiger partial charge in [-0.05, 0) is 55.7 Å². The summed E-state index contributed by atoms with van der Waals surface area (Å²) in [6, 6.07) is 29.4. The van der Waals surface area contributed by atoms with Gasteiger partial charge in [0.2, 0.25) is 0 Å². The van der Waals surface area contributed by atoms with Gasteiger partial charge in [0.1, 0.15) is 0 Å². The minimum Gasteiger partial charge on any atom is -0.311 e. The van der Waals surface area contributed by atoms with Gasteiger partial charge in [-0.1, -0.05) is 62.4 Å². The van der Waals surface area contributed by atoms with Crippen molar-refractivity contribution in [3.63, 3.8) is 0 Å². The summed E-state index contributed by atoms with van der Waals surface area (Å²) in [5, 5.41) is -0.132. The molecular weight excluding hydrogens is 345 g/mol. The molecule has 0 saturated carbocycles. The summed E-state index contributed by atoms with van der Waals surface area (Å²) in [7, 11) is 0. The molecule has 0 radical (unpaired) electrons. The lowest BCUT2D eigenvalue weighted by Gasteiger charge is -2.32. The summed E-state index contributed by atoms with van der Waals surface area (Å²) in [5.74, 6) is 0. The second kappa shape index (κ2) is 7.12. The molecule has 1 aliphatic heterocycles. The van der Waals surface area contributed by atoms with Crippen LogP contribution in [0.1, 0.15) is 27.7 Å². The van der Waals surface area contributed by atoms with Gasteiger partial charge in [0.15, 0.2) is 0 Å². The Hall–Kier alpha value is -2.56. The number of nitrogens with zero attached hydrogens (tertiary/aromatic N) is 1. The Morgan fingerprint density at radius 3 is 1.54 bits per heavy atom. The van der Waals surface area contributed by atoms with E-state index in [4.69, 9.17) is 9.69 Å². The molecule has 4 rings (SSSR count). The average Bonchev–Trinajstić information content (AvgIpc) is 2.92. The molecular formula is C24H26BNO2. The quantitative estimate of drug-likeness (QED) is 0.423. The van der Waals surface area contributed by atoms with Gasteiger partial charge >= 0.3 is 6.92 Å². The van der Waals surface area contributed by atoms with Crippen molar-refractivity contribution >= 4 is 29.4 Å². The van der Waals surface area contributed by atoms with Crippen molar-refractivity contribution in [2.45, 2.75) is 38.6 Å². The van der Waals surface area contributed by atoms with Crippen LogP contribution in [-0.4, -0.2) is 12.5 Å². The van der Waals surface area contributed by atoms with E-state index in [-0.39, 0.29) is 17.8 Å². The van der Waals surface area contributed by atoms with E-state index in [1.54, 1.807) is 0 Å². The summed E-state index contributed by atoms with van der Waals surface area (Å²) in [6.07, 6.45) is 0. The van der Waals surface area contributed by atoms with Crippen molar-refractivity contribution in [1.29, 1.82) is 0 Å². The zero-order valence-corrected chi connectivity index (χ0v) is 16.9. The van der Waals surface area contributed by atoms with Crippen LogP contribution in [0.2, 0.25) is 5.31 Å². The maximum atomic E-state index is 5.73. The predicted molar refractivity (Wildman–Crippen MR) is 117 cm³/mol. The van der Waals surface area contributed by atoms with E-state index in [9.17, 15) is 0 Å². The van der Waals surface area contributed by atoms with Crippen molar-refractivity contribution in [2.75, 3.05) is 4.90 Å². The normalized spacial score (nSPS) is 17.5. The van der Waals surface area contributed by atoms with Crippen LogP contribution >= 0.6 is 0 Å². The second-order valence-electron chi connectivity index (χ2n) is 8.39. The van der Waals surface area contributed by atoms with Gasteiger partial charge in [-0.2, -0.15) is 0 Å². The first-order valence-electron chi connectivity index (χ1n) is 9.75. The van der Waals surface area contributed by atoms with Gasteiger partial charge < -0.3 is 4.90 Å². The summed E-state index contributed by atoms with van der Waals surface area (Å²) in [4.78, 5) is 13.6. The lowest BCUT2D eigenvalue weighted by atomic mass is 9.40. The Morgan fingerprint density at radius 1 is 0.643 bits per heavy atom. The van der Waals surface area contributed by atoms with Crippen LogP contribution in [0.15, 0.2) is 84.9 Å². The third-order valence-electron chi connectivity index (χ3n) is 6.04. The first-order chi connectivity index (χ1) is 13.4. The lowest BCUT2D eigenvalue weighted by molar-refractivity contribution is -0.261. The van der Waals surface area contributed by atoms with Gasteiger partial charge in [0.05, 0.1) is 5.60 Å². The molecule has 1 heterocycles. The molecule has 3 aromatic carbocycles. The van der Waals surface area contributed by atoms with Crippen molar-refractivity contribution < 1.29 is 9.69 Å². The molecule has 0 aromatic heterocycles. The van der Waals surface area contributed by atoms with E-state index < -0.39 is 0 Å². The zero-order chi connectivity index (χ0) is 19.8.